The summed E-state index contributed by atoms with van der Waals surface area (Å²) in [5, 5.41) is 0. The summed E-state index contributed by atoms with van der Waals surface area (Å²) in [4.78, 5) is 10.8. The molecular formula is C12H19NO. The zero-order chi connectivity index (χ0) is 10.7. The molecule has 0 spiro atoms. The van der Waals surface area contributed by atoms with Crippen molar-refractivity contribution in [2.75, 3.05) is 0 Å². The topological polar surface area (TPSA) is 22.0 Å². The van der Waals surface area contributed by atoms with Gasteiger partial charge < -0.3 is 4.57 Å². The Bertz CT molecular complexity index is 325. The second kappa shape index (κ2) is 4.45. The van der Waals surface area contributed by atoms with Crippen molar-refractivity contribution in [2.45, 2.75) is 46.6 Å². The number of hydrogen-bond acceptors (Lipinski definition) is 1. The molecule has 0 fully saturated rings. The number of rotatable bonds is 4. The molecule has 0 aromatic carbocycles. The highest BCUT2D eigenvalue weighted by Gasteiger charge is 2.12. The molecule has 0 saturated heterocycles. The molecular weight excluding hydrogens is 174 g/mol. The standard InChI is InChI=1S/C12H19NO/c1-5-6-9(2)13-10(3)7-12(8-14)11(13)4/h7-9H,5-6H2,1-4H3. The molecule has 0 aliphatic heterocycles. The van der Waals surface area contributed by atoms with Crippen LogP contribution in [0.3, 0.4) is 0 Å². The first-order chi connectivity index (χ1) is 6.61. The van der Waals surface area contributed by atoms with Gasteiger partial charge in [0.15, 0.2) is 6.29 Å². The van der Waals surface area contributed by atoms with Gasteiger partial charge in [-0.3, -0.25) is 4.79 Å². The molecule has 14 heavy (non-hydrogen) atoms. The van der Waals surface area contributed by atoms with Crippen molar-refractivity contribution in [3.05, 3.63) is 23.0 Å². The van der Waals surface area contributed by atoms with Gasteiger partial charge in [-0.2, -0.15) is 0 Å². The molecule has 1 heterocycles. The molecule has 0 amide bonds. The van der Waals surface area contributed by atoms with Crippen molar-refractivity contribution in [1.82, 2.24) is 4.57 Å². The highest BCUT2D eigenvalue weighted by atomic mass is 16.1. The van der Waals surface area contributed by atoms with Crippen molar-refractivity contribution in [1.29, 1.82) is 0 Å². The first-order valence-electron chi connectivity index (χ1n) is 5.25. The Morgan fingerprint density at radius 1 is 1.50 bits per heavy atom. The second-order valence-corrected chi connectivity index (χ2v) is 3.95. The van der Waals surface area contributed by atoms with Gasteiger partial charge in [-0.15, -0.1) is 0 Å². The maximum absolute atomic E-state index is 10.8. The summed E-state index contributed by atoms with van der Waals surface area (Å²) >= 11 is 0. The van der Waals surface area contributed by atoms with Crippen LogP contribution in [0.1, 0.15) is 54.5 Å². The van der Waals surface area contributed by atoms with Crippen LogP contribution in [-0.2, 0) is 0 Å². The van der Waals surface area contributed by atoms with Crippen LogP contribution in [0.5, 0.6) is 0 Å². The third-order valence-electron chi connectivity index (χ3n) is 2.80. The SMILES string of the molecule is CCCC(C)n1c(C)cc(C=O)c1C. The average molecular weight is 193 g/mol. The minimum atomic E-state index is 0.494. The van der Waals surface area contributed by atoms with E-state index in [-0.39, 0.29) is 0 Å². The van der Waals surface area contributed by atoms with Crippen LogP contribution in [0.2, 0.25) is 0 Å². The van der Waals surface area contributed by atoms with Crippen LogP contribution in [-0.4, -0.2) is 10.9 Å². The lowest BCUT2D eigenvalue weighted by atomic mass is 10.2. The summed E-state index contributed by atoms with van der Waals surface area (Å²) in [6.45, 7) is 8.47. The molecule has 1 unspecified atom stereocenters. The average Bonchev–Trinajstić information content (AvgIpc) is 2.41. The summed E-state index contributed by atoms with van der Waals surface area (Å²) in [5.74, 6) is 0. The van der Waals surface area contributed by atoms with E-state index in [0.717, 1.165) is 24.0 Å². The van der Waals surface area contributed by atoms with Gasteiger partial charge in [0.2, 0.25) is 0 Å². The third-order valence-corrected chi connectivity index (χ3v) is 2.80. The van der Waals surface area contributed by atoms with Crippen molar-refractivity contribution in [2.24, 2.45) is 0 Å². The monoisotopic (exact) mass is 193 g/mol. The summed E-state index contributed by atoms with van der Waals surface area (Å²) in [5.41, 5.74) is 3.11. The molecule has 0 aliphatic carbocycles. The first-order valence-corrected chi connectivity index (χ1v) is 5.25. The van der Waals surface area contributed by atoms with Crippen LogP contribution in [0.4, 0.5) is 0 Å². The maximum Gasteiger partial charge on any atom is 0.151 e. The molecule has 2 nitrogen and oxygen atoms in total. The van der Waals surface area contributed by atoms with E-state index in [0.29, 0.717) is 6.04 Å². The van der Waals surface area contributed by atoms with E-state index in [1.54, 1.807) is 0 Å². The minimum absolute atomic E-state index is 0.494. The largest absolute Gasteiger partial charge is 0.346 e. The fraction of sp³-hybridized carbons (Fsp3) is 0.583. The number of carbonyl (C=O) groups is 1. The molecule has 0 bridgehead atoms. The van der Waals surface area contributed by atoms with Crippen molar-refractivity contribution < 1.29 is 4.79 Å². The number of carbonyl (C=O) groups excluding carboxylic acids is 1. The molecule has 78 valence electrons. The summed E-state index contributed by atoms with van der Waals surface area (Å²) < 4.78 is 2.26. The summed E-state index contributed by atoms with van der Waals surface area (Å²) in [6, 6.07) is 2.46. The van der Waals surface area contributed by atoms with Gasteiger partial charge in [-0.1, -0.05) is 13.3 Å². The highest BCUT2D eigenvalue weighted by Crippen LogP contribution is 2.22. The third kappa shape index (κ3) is 1.89. The Morgan fingerprint density at radius 2 is 2.14 bits per heavy atom. The fourth-order valence-electron chi connectivity index (χ4n) is 2.15. The zero-order valence-electron chi connectivity index (χ0n) is 9.50. The molecule has 2 heteroatoms. The van der Waals surface area contributed by atoms with E-state index in [1.165, 1.54) is 12.1 Å². The molecule has 0 radical (unpaired) electrons. The molecule has 1 rings (SSSR count). The Kier molecular flexibility index (Phi) is 3.50. The van der Waals surface area contributed by atoms with Crippen molar-refractivity contribution in [3.63, 3.8) is 0 Å². The smallest absolute Gasteiger partial charge is 0.151 e. The molecule has 0 saturated carbocycles. The molecule has 1 aromatic heterocycles. The predicted octanol–water partition coefficient (Wildman–Crippen LogP) is 3.28. The van der Waals surface area contributed by atoms with E-state index in [1.807, 2.05) is 13.0 Å². The zero-order valence-corrected chi connectivity index (χ0v) is 9.50. The lowest BCUT2D eigenvalue weighted by Crippen LogP contribution is -2.08. The van der Waals surface area contributed by atoms with Gasteiger partial charge in [-0.25, -0.2) is 0 Å². The number of aromatic nitrogens is 1. The number of aryl methyl sites for hydroxylation is 1. The van der Waals surface area contributed by atoms with E-state index in [9.17, 15) is 4.79 Å². The van der Waals surface area contributed by atoms with Gasteiger partial charge in [-0.05, 0) is 33.3 Å². The second-order valence-electron chi connectivity index (χ2n) is 3.95. The van der Waals surface area contributed by atoms with Crippen LogP contribution in [0, 0.1) is 13.8 Å². The minimum Gasteiger partial charge on any atom is -0.346 e. The Balaban J connectivity index is 3.06. The summed E-state index contributed by atoms with van der Waals surface area (Å²) in [7, 11) is 0. The first kappa shape index (κ1) is 11.0. The Hall–Kier alpha value is -1.05. The van der Waals surface area contributed by atoms with Gasteiger partial charge >= 0.3 is 0 Å². The van der Waals surface area contributed by atoms with Crippen LogP contribution >= 0.6 is 0 Å². The highest BCUT2D eigenvalue weighted by molar-refractivity contribution is 5.77. The lowest BCUT2D eigenvalue weighted by molar-refractivity contribution is 0.112. The van der Waals surface area contributed by atoms with Crippen molar-refractivity contribution in [3.8, 4) is 0 Å². The molecule has 1 atom stereocenters. The van der Waals surface area contributed by atoms with Gasteiger partial charge in [0.1, 0.15) is 0 Å². The van der Waals surface area contributed by atoms with Crippen LogP contribution in [0.25, 0.3) is 0 Å². The maximum atomic E-state index is 10.8. The van der Waals surface area contributed by atoms with E-state index >= 15 is 0 Å². The van der Waals surface area contributed by atoms with Crippen LogP contribution < -0.4 is 0 Å². The fourth-order valence-corrected chi connectivity index (χ4v) is 2.15. The number of hydrogen-bond donors (Lipinski definition) is 0. The van der Waals surface area contributed by atoms with E-state index in [4.69, 9.17) is 0 Å². The normalized spacial score (nSPS) is 12.9. The Morgan fingerprint density at radius 3 is 2.57 bits per heavy atom. The van der Waals surface area contributed by atoms with Crippen molar-refractivity contribution >= 4 is 6.29 Å². The van der Waals surface area contributed by atoms with Gasteiger partial charge in [0.25, 0.3) is 0 Å². The number of aldehydes is 1. The summed E-state index contributed by atoms with van der Waals surface area (Å²) in [6.07, 6.45) is 3.28. The number of nitrogens with zero attached hydrogens (tertiary/aromatic N) is 1. The lowest BCUT2D eigenvalue weighted by Gasteiger charge is -2.17. The predicted molar refractivity (Wildman–Crippen MR) is 58.9 cm³/mol. The van der Waals surface area contributed by atoms with Crippen LogP contribution in [0.15, 0.2) is 6.07 Å². The quantitative estimate of drug-likeness (QED) is 0.673. The molecule has 0 aliphatic rings. The van der Waals surface area contributed by atoms with E-state index in [2.05, 4.69) is 25.3 Å². The van der Waals surface area contributed by atoms with Gasteiger partial charge in [0, 0.05) is 23.0 Å². The van der Waals surface area contributed by atoms with E-state index < -0.39 is 0 Å². The molecule has 1 aromatic rings. The molecule has 0 N–H and O–H groups in total. The Labute approximate surface area is 85.9 Å². The van der Waals surface area contributed by atoms with Gasteiger partial charge in [0.05, 0.1) is 0 Å².